The standard InChI is InChI=1S/C16H14ClNO2S/c1-20-14-4-2-3-11(9-14)16-18(15(19)10-21-16)13-7-5-12(17)6-8-13/h2-9,16H,10H2,1H3/t16-/m1/s1. The van der Waals surface area contributed by atoms with Gasteiger partial charge < -0.3 is 4.74 Å². The Kier molecular flexibility index (Phi) is 4.08. The molecule has 5 heteroatoms. The summed E-state index contributed by atoms with van der Waals surface area (Å²) in [7, 11) is 1.64. The van der Waals surface area contributed by atoms with Crippen LogP contribution in [0.5, 0.6) is 5.75 Å². The van der Waals surface area contributed by atoms with E-state index in [9.17, 15) is 4.79 Å². The molecule has 1 heterocycles. The molecule has 1 aliphatic heterocycles. The van der Waals surface area contributed by atoms with Gasteiger partial charge in [0.15, 0.2) is 0 Å². The molecule has 0 aromatic heterocycles. The van der Waals surface area contributed by atoms with E-state index in [4.69, 9.17) is 16.3 Å². The Bertz CT molecular complexity index is 660. The average molecular weight is 320 g/mol. The van der Waals surface area contributed by atoms with Gasteiger partial charge in [0.2, 0.25) is 5.91 Å². The normalized spacial score (nSPS) is 18.1. The van der Waals surface area contributed by atoms with E-state index in [0.717, 1.165) is 17.0 Å². The fraction of sp³-hybridized carbons (Fsp3) is 0.188. The predicted molar refractivity (Wildman–Crippen MR) is 87.1 cm³/mol. The van der Waals surface area contributed by atoms with Crippen molar-refractivity contribution in [3.05, 3.63) is 59.1 Å². The minimum Gasteiger partial charge on any atom is -0.497 e. The van der Waals surface area contributed by atoms with Crippen molar-refractivity contribution in [2.24, 2.45) is 0 Å². The third kappa shape index (κ3) is 2.87. The van der Waals surface area contributed by atoms with Gasteiger partial charge in [-0.05, 0) is 42.0 Å². The van der Waals surface area contributed by atoms with Gasteiger partial charge in [0.25, 0.3) is 0 Å². The molecule has 3 rings (SSSR count). The molecule has 3 nitrogen and oxygen atoms in total. The maximum atomic E-state index is 12.2. The number of rotatable bonds is 3. The van der Waals surface area contributed by atoms with Gasteiger partial charge in [0, 0.05) is 10.7 Å². The van der Waals surface area contributed by atoms with Crippen LogP contribution in [0.2, 0.25) is 5.02 Å². The van der Waals surface area contributed by atoms with Crippen LogP contribution >= 0.6 is 23.4 Å². The molecule has 21 heavy (non-hydrogen) atoms. The summed E-state index contributed by atoms with van der Waals surface area (Å²) in [6.45, 7) is 0. The second-order valence-corrected chi connectivity index (χ2v) is 6.19. The third-order valence-corrected chi connectivity index (χ3v) is 4.82. The van der Waals surface area contributed by atoms with Gasteiger partial charge in [-0.15, -0.1) is 11.8 Å². The predicted octanol–water partition coefficient (Wildman–Crippen LogP) is 4.13. The van der Waals surface area contributed by atoms with Crippen LogP contribution in [0.1, 0.15) is 10.9 Å². The molecule has 1 saturated heterocycles. The number of amides is 1. The second-order valence-electron chi connectivity index (χ2n) is 4.68. The molecule has 0 bridgehead atoms. The van der Waals surface area contributed by atoms with E-state index >= 15 is 0 Å². The lowest BCUT2D eigenvalue weighted by Crippen LogP contribution is -2.27. The first-order chi connectivity index (χ1) is 10.2. The largest absolute Gasteiger partial charge is 0.497 e. The molecule has 0 unspecified atom stereocenters. The fourth-order valence-electron chi connectivity index (χ4n) is 2.35. The van der Waals surface area contributed by atoms with E-state index in [1.54, 1.807) is 31.0 Å². The van der Waals surface area contributed by atoms with Crippen LogP contribution in [0, 0.1) is 0 Å². The summed E-state index contributed by atoms with van der Waals surface area (Å²) in [5.41, 5.74) is 1.92. The lowest BCUT2D eigenvalue weighted by Gasteiger charge is -2.24. The Morgan fingerprint density at radius 1 is 1.24 bits per heavy atom. The smallest absolute Gasteiger partial charge is 0.238 e. The van der Waals surface area contributed by atoms with E-state index in [2.05, 4.69) is 0 Å². The molecule has 0 radical (unpaired) electrons. The number of thioether (sulfide) groups is 1. The Morgan fingerprint density at radius 3 is 2.71 bits per heavy atom. The third-order valence-electron chi connectivity index (χ3n) is 3.35. The van der Waals surface area contributed by atoms with E-state index in [0.29, 0.717) is 10.8 Å². The monoisotopic (exact) mass is 319 g/mol. The SMILES string of the molecule is COc1cccc([C@H]2SCC(=O)N2c2ccc(Cl)cc2)c1. The van der Waals surface area contributed by atoms with Crippen molar-refractivity contribution in [1.82, 2.24) is 0 Å². The number of carbonyl (C=O) groups excluding carboxylic acids is 1. The van der Waals surface area contributed by atoms with Crippen LogP contribution < -0.4 is 9.64 Å². The van der Waals surface area contributed by atoms with Crippen LogP contribution in [0.3, 0.4) is 0 Å². The van der Waals surface area contributed by atoms with Crippen molar-refractivity contribution >= 4 is 35.0 Å². The van der Waals surface area contributed by atoms with Crippen molar-refractivity contribution in [2.45, 2.75) is 5.37 Å². The number of anilines is 1. The van der Waals surface area contributed by atoms with Gasteiger partial charge >= 0.3 is 0 Å². The zero-order chi connectivity index (χ0) is 14.8. The summed E-state index contributed by atoms with van der Waals surface area (Å²) in [6, 6.07) is 15.2. The van der Waals surface area contributed by atoms with Gasteiger partial charge in [-0.25, -0.2) is 0 Å². The number of ether oxygens (including phenoxy) is 1. The molecule has 1 atom stereocenters. The molecule has 2 aromatic carbocycles. The van der Waals surface area contributed by atoms with E-state index < -0.39 is 0 Å². The van der Waals surface area contributed by atoms with Crippen LogP contribution in [0.4, 0.5) is 5.69 Å². The molecular weight excluding hydrogens is 306 g/mol. The molecule has 0 saturated carbocycles. The zero-order valence-electron chi connectivity index (χ0n) is 11.5. The number of halogens is 1. The van der Waals surface area contributed by atoms with Crippen molar-refractivity contribution in [2.75, 3.05) is 17.8 Å². The topological polar surface area (TPSA) is 29.5 Å². The van der Waals surface area contributed by atoms with Crippen molar-refractivity contribution in [3.8, 4) is 5.75 Å². The molecule has 108 valence electrons. The van der Waals surface area contributed by atoms with Gasteiger partial charge in [0.05, 0.1) is 12.9 Å². The summed E-state index contributed by atoms with van der Waals surface area (Å²) in [5.74, 6) is 1.38. The highest BCUT2D eigenvalue weighted by Gasteiger charge is 2.34. The molecule has 1 aliphatic rings. The average Bonchev–Trinajstić information content (AvgIpc) is 2.90. The highest BCUT2D eigenvalue weighted by atomic mass is 35.5. The van der Waals surface area contributed by atoms with Crippen LogP contribution in [0.25, 0.3) is 0 Å². The lowest BCUT2D eigenvalue weighted by atomic mass is 10.1. The summed E-state index contributed by atoms with van der Waals surface area (Å²) >= 11 is 7.54. The molecule has 2 aromatic rings. The fourth-order valence-corrected chi connectivity index (χ4v) is 3.64. The Hall–Kier alpha value is -1.65. The molecule has 0 N–H and O–H groups in total. The van der Waals surface area contributed by atoms with Crippen LogP contribution in [-0.2, 0) is 4.79 Å². The zero-order valence-corrected chi connectivity index (χ0v) is 13.0. The van der Waals surface area contributed by atoms with E-state index in [-0.39, 0.29) is 11.3 Å². The van der Waals surface area contributed by atoms with E-state index in [1.807, 2.05) is 41.3 Å². The highest BCUT2D eigenvalue weighted by Crippen LogP contribution is 2.42. The number of carbonyl (C=O) groups is 1. The Labute approximate surface area is 132 Å². The van der Waals surface area contributed by atoms with Crippen LogP contribution in [0.15, 0.2) is 48.5 Å². The van der Waals surface area contributed by atoms with Gasteiger partial charge in [-0.1, -0.05) is 23.7 Å². The minimum absolute atomic E-state index is 0.0335. The molecule has 1 fully saturated rings. The number of methoxy groups -OCH3 is 1. The van der Waals surface area contributed by atoms with Gasteiger partial charge in [-0.3, -0.25) is 9.69 Å². The van der Waals surface area contributed by atoms with Crippen molar-refractivity contribution in [1.29, 1.82) is 0 Å². The maximum absolute atomic E-state index is 12.2. The van der Waals surface area contributed by atoms with Gasteiger partial charge in [0.1, 0.15) is 11.1 Å². The first kappa shape index (κ1) is 14.3. The highest BCUT2D eigenvalue weighted by molar-refractivity contribution is 8.00. The number of hydrogen-bond donors (Lipinski definition) is 0. The second kappa shape index (κ2) is 6.00. The van der Waals surface area contributed by atoms with E-state index in [1.165, 1.54) is 0 Å². The lowest BCUT2D eigenvalue weighted by molar-refractivity contribution is -0.115. The van der Waals surface area contributed by atoms with Crippen molar-refractivity contribution < 1.29 is 9.53 Å². The summed E-state index contributed by atoms with van der Waals surface area (Å²) in [5, 5.41) is 0.629. The summed E-state index contributed by atoms with van der Waals surface area (Å²) < 4.78 is 5.27. The molecule has 1 amide bonds. The number of benzene rings is 2. The first-order valence-electron chi connectivity index (χ1n) is 6.52. The maximum Gasteiger partial charge on any atom is 0.238 e. The van der Waals surface area contributed by atoms with Crippen LogP contribution in [-0.4, -0.2) is 18.8 Å². The Balaban J connectivity index is 1.97. The van der Waals surface area contributed by atoms with Crippen molar-refractivity contribution in [3.63, 3.8) is 0 Å². The number of hydrogen-bond acceptors (Lipinski definition) is 3. The minimum atomic E-state index is -0.0335. The number of nitrogens with zero attached hydrogens (tertiary/aromatic N) is 1. The Morgan fingerprint density at radius 2 is 2.00 bits per heavy atom. The summed E-state index contributed by atoms with van der Waals surface area (Å²) in [4.78, 5) is 14.1. The quantitative estimate of drug-likeness (QED) is 0.852. The molecular formula is C16H14ClNO2S. The molecule has 0 aliphatic carbocycles. The van der Waals surface area contributed by atoms with Gasteiger partial charge in [-0.2, -0.15) is 0 Å². The summed E-state index contributed by atoms with van der Waals surface area (Å²) in [6.07, 6.45) is 0. The molecule has 0 spiro atoms. The first-order valence-corrected chi connectivity index (χ1v) is 7.95.